The Labute approximate surface area is 179 Å². The SMILES string of the molecule is C=C1[C@@H](OCOC)CC[C@]2(C)[C@@H]1C[C@@H]1C(=O)C(O)=C[C@H]([C@H]3OC(C)(C)O[C@@H]32)C1(C)C. The van der Waals surface area contributed by atoms with Gasteiger partial charge in [0.15, 0.2) is 17.3 Å². The third-order valence-electron chi connectivity index (χ3n) is 8.26. The van der Waals surface area contributed by atoms with Crippen LogP contribution >= 0.6 is 0 Å². The van der Waals surface area contributed by atoms with Crippen LogP contribution in [0.5, 0.6) is 0 Å². The summed E-state index contributed by atoms with van der Waals surface area (Å²) in [6.45, 7) is 15.0. The summed E-state index contributed by atoms with van der Waals surface area (Å²) < 4.78 is 24.1. The second-order valence-electron chi connectivity index (χ2n) is 10.8. The molecule has 0 radical (unpaired) electrons. The molecule has 6 heteroatoms. The molecule has 1 aliphatic heterocycles. The van der Waals surface area contributed by atoms with Crippen LogP contribution in [0.25, 0.3) is 0 Å². The molecule has 1 heterocycles. The van der Waals surface area contributed by atoms with E-state index >= 15 is 0 Å². The molecule has 0 unspecified atom stereocenters. The predicted octanol–water partition coefficient (Wildman–Crippen LogP) is 4.16. The number of rotatable bonds is 3. The molecule has 0 amide bonds. The van der Waals surface area contributed by atoms with Crippen LogP contribution in [0, 0.1) is 28.6 Å². The van der Waals surface area contributed by atoms with Crippen LogP contribution in [0.3, 0.4) is 0 Å². The van der Waals surface area contributed by atoms with Crippen LogP contribution in [0.15, 0.2) is 24.0 Å². The molecule has 3 aliphatic carbocycles. The number of allylic oxidation sites excluding steroid dienone is 1. The largest absolute Gasteiger partial charge is 0.505 e. The molecule has 0 aromatic carbocycles. The summed E-state index contributed by atoms with van der Waals surface area (Å²) >= 11 is 0. The van der Waals surface area contributed by atoms with Crippen molar-refractivity contribution in [3.63, 3.8) is 0 Å². The van der Waals surface area contributed by atoms with Gasteiger partial charge < -0.3 is 24.1 Å². The maximum absolute atomic E-state index is 13.1. The molecule has 6 nitrogen and oxygen atoms in total. The van der Waals surface area contributed by atoms with Crippen LogP contribution in [0.2, 0.25) is 0 Å². The highest BCUT2D eigenvalue weighted by Gasteiger charge is 2.64. The van der Waals surface area contributed by atoms with Crippen molar-refractivity contribution in [2.45, 2.75) is 78.0 Å². The summed E-state index contributed by atoms with van der Waals surface area (Å²) in [7, 11) is 1.61. The van der Waals surface area contributed by atoms with Gasteiger partial charge in [0.25, 0.3) is 0 Å². The second kappa shape index (κ2) is 7.16. The molecular weight excluding hydrogens is 384 g/mol. The first-order chi connectivity index (χ1) is 13.9. The summed E-state index contributed by atoms with van der Waals surface area (Å²) in [4.78, 5) is 13.1. The van der Waals surface area contributed by atoms with Crippen LogP contribution in [0.4, 0.5) is 0 Å². The Morgan fingerprint density at radius 1 is 1.20 bits per heavy atom. The highest BCUT2D eigenvalue weighted by molar-refractivity contribution is 5.96. The van der Waals surface area contributed by atoms with E-state index in [2.05, 4.69) is 27.4 Å². The van der Waals surface area contributed by atoms with E-state index in [1.165, 1.54) is 0 Å². The standard InChI is InChI=1S/C24H36O6/c1-13-14-10-15-19(26)17(25)11-16(22(15,2)3)20-21(30-23(4,5)29-20)24(14,6)9-8-18(13)28-12-27-7/h11,14-16,18,20-21,25H,1,8-10,12H2,2-7H3/t14-,15-,16-,18+,20-,21+,24-/m1/s1. The van der Waals surface area contributed by atoms with Crippen molar-refractivity contribution in [2.75, 3.05) is 13.9 Å². The molecular formula is C24H36O6. The van der Waals surface area contributed by atoms with E-state index in [1.807, 2.05) is 13.8 Å². The summed E-state index contributed by atoms with van der Waals surface area (Å²) in [5.41, 5.74) is 0.373. The summed E-state index contributed by atoms with van der Waals surface area (Å²) in [6, 6.07) is 0. The maximum Gasteiger partial charge on any atom is 0.200 e. The molecule has 0 aromatic rings. The number of carbonyl (C=O) groups excluding carboxylic acids is 1. The van der Waals surface area contributed by atoms with Crippen LogP contribution in [-0.4, -0.2) is 48.9 Å². The van der Waals surface area contributed by atoms with E-state index in [-0.39, 0.29) is 65.2 Å². The smallest absolute Gasteiger partial charge is 0.200 e. The van der Waals surface area contributed by atoms with Gasteiger partial charge in [-0.2, -0.15) is 0 Å². The first kappa shape index (κ1) is 22.0. The lowest BCUT2D eigenvalue weighted by molar-refractivity contribution is -0.166. The van der Waals surface area contributed by atoms with Gasteiger partial charge in [-0.3, -0.25) is 4.79 Å². The first-order valence-corrected chi connectivity index (χ1v) is 11.0. The third-order valence-corrected chi connectivity index (χ3v) is 8.26. The molecule has 30 heavy (non-hydrogen) atoms. The second-order valence-corrected chi connectivity index (χ2v) is 10.8. The van der Waals surface area contributed by atoms with E-state index in [4.69, 9.17) is 18.9 Å². The highest BCUT2D eigenvalue weighted by Crippen LogP contribution is 2.61. The number of ketones is 1. The van der Waals surface area contributed by atoms with Crippen molar-refractivity contribution < 1.29 is 28.8 Å². The van der Waals surface area contributed by atoms with Gasteiger partial charge in [-0.1, -0.05) is 27.4 Å². The molecule has 168 valence electrons. The normalized spacial score (nSPS) is 44.5. The van der Waals surface area contributed by atoms with Gasteiger partial charge in [0.1, 0.15) is 6.79 Å². The topological polar surface area (TPSA) is 74.2 Å². The fourth-order valence-corrected chi connectivity index (χ4v) is 6.49. The van der Waals surface area contributed by atoms with Crippen molar-refractivity contribution in [1.29, 1.82) is 0 Å². The average Bonchev–Trinajstić information content (AvgIpc) is 2.98. The van der Waals surface area contributed by atoms with E-state index in [0.717, 1.165) is 18.4 Å². The lowest BCUT2D eigenvalue weighted by Gasteiger charge is -2.56. The molecule has 7 atom stereocenters. The number of fused-ring (bicyclic) bond motifs is 6. The number of aliphatic hydroxyl groups excluding tert-OH is 1. The van der Waals surface area contributed by atoms with Crippen molar-refractivity contribution in [2.24, 2.45) is 28.6 Å². The van der Waals surface area contributed by atoms with Crippen LogP contribution in [-0.2, 0) is 23.7 Å². The lowest BCUT2D eigenvalue weighted by Crippen LogP contribution is -2.59. The monoisotopic (exact) mass is 420 g/mol. The Balaban J connectivity index is 1.82. The zero-order valence-electron chi connectivity index (χ0n) is 19.1. The zero-order chi connectivity index (χ0) is 22.1. The van der Waals surface area contributed by atoms with E-state index < -0.39 is 5.79 Å². The molecule has 1 saturated heterocycles. The number of carbonyl (C=O) groups is 1. The van der Waals surface area contributed by atoms with Crippen molar-refractivity contribution >= 4 is 5.78 Å². The number of hydrogen-bond acceptors (Lipinski definition) is 6. The first-order valence-electron chi connectivity index (χ1n) is 11.0. The van der Waals surface area contributed by atoms with Crippen molar-refractivity contribution in [3.05, 3.63) is 24.0 Å². The van der Waals surface area contributed by atoms with Gasteiger partial charge in [0.2, 0.25) is 0 Å². The number of hydrogen-bond donors (Lipinski definition) is 1. The molecule has 0 spiro atoms. The zero-order valence-corrected chi connectivity index (χ0v) is 19.1. The fraction of sp³-hybridized carbons (Fsp3) is 0.792. The summed E-state index contributed by atoms with van der Waals surface area (Å²) in [6.07, 6.45) is 3.52. The minimum atomic E-state index is -0.728. The number of ether oxygens (including phenoxy) is 4. The highest BCUT2D eigenvalue weighted by atomic mass is 16.8. The van der Waals surface area contributed by atoms with Gasteiger partial charge in [-0.15, -0.1) is 0 Å². The number of Topliss-reactive ketones (excluding diaryl/α,β-unsaturated/α-hetero) is 1. The van der Waals surface area contributed by atoms with E-state index in [0.29, 0.717) is 6.42 Å². The molecule has 1 N–H and O–H groups in total. The third kappa shape index (κ3) is 3.19. The molecule has 2 bridgehead atoms. The molecule has 2 saturated carbocycles. The number of methoxy groups -OCH3 is 1. The summed E-state index contributed by atoms with van der Waals surface area (Å²) in [5.74, 6) is -1.47. The lowest BCUT2D eigenvalue weighted by atomic mass is 9.50. The maximum atomic E-state index is 13.1. The fourth-order valence-electron chi connectivity index (χ4n) is 6.49. The Bertz CT molecular complexity index is 768. The van der Waals surface area contributed by atoms with Crippen LogP contribution in [0.1, 0.15) is 53.9 Å². The van der Waals surface area contributed by atoms with E-state index in [1.54, 1.807) is 13.2 Å². The van der Waals surface area contributed by atoms with Gasteiger partial charge >= 0.3 is 0 Å². The van der Waals surface area contributed by atoms with Crippen molar-refractivity contribution in [1.82, 2.24) is 0 Å². The van der Waals surface area contributed by atoms with E-state index in [9.17, 15) is 9.90 Å². The quantitative estimate of drug-likeness (QED) is 0.546. The van der Waals surface area contributed by atoms with Crippen LogP contribution < -0.4 is 0 Å². The molecule has 4 rings (SSSR count). The van der Waals surface area contributed by atoms with Crippen molar-refractivity contribution in [3.8, 4) is 0 Å². The number of aliphatic hydroxyl groups is 1. The average molecular weight is 421 g/mol. The predicted molar refractivity (Wildman–Crippen MR) is 112 cm³/mol. The minimum Gasteiger partial charge on any atom is -0.505 e. The summed E-state index contributed by atoms with van der Waals surface area (Å²) in [5, 5.41) is 10.5. The Hall–Kier alpha value is -1.21. The van der Waals surface area contributed by atoms with Gasteiger partial charge in [0, 0.05) is 24.4 Å². The Morgan fingerprint density at radius 2 is 1.90 bits per heavy atom. The molecule has 4 aliphatic rings. The van der Waals surface area contributed by atoms with Gasteiger partial charge in [0.05, 0.1) is 18.3 Å². The minimum absolute atomic E-state index is 0.0122. The molecule has 3 fully saturated rings. The molecule has 0 aromatic heterocycles. The Morgan fingerprint density at radius 3 is 2.57 bits per heavy atom. The van der Waals surface area contributed by atoms with Gasteiger partial charge in [-0.25, -0.2) is 0 Å². The Kier molecular flexibility index (Phi) is 5.25. The van der Waals surface area contributed by atoms with Gasteiger partial charge in [-0.05, 0) is 56.1 Å².